The number of nitrogen functional groups attached to an aromatic ring is 1. The minimum absolute atomic E-state index is 0.0366. The summed E-state index contributed by atoms with van der Waals surface area (Å²) in [6.07, 6.45) is 4.87. The van der Waals surface area contributed by atoms with Gasteiger partial charge in [0.2, 0.25) is 5.91 Å². The molecule has 4 rings (SSSR count). The zero-order valence-electron chi connectivity index (χ0n) is 19.9. The molecule has 194 valence electrons. The number of carbonyl (C=O) groups is 2. The minimum Gasteiger partial charge on any atom is -0.454 e. The molecular formula is C26H27F2N5O4. The molecule has 3 aromatic rings. The average Bonchev–Trinajstić information content (AvgIpc) is 3.23. The van der Waals surface area contributed by atoms with Crippen molar-refractivity contribution in [2.24, 2.45) is 5.73 Å². The number of anilines is 1. The Bertz CT molecular complexity index is 1320. The first kappa shape index (κ1) is 25.8. The van der Waals surface area contributed by atoms with Crippen LogP contribution in [0.15, 0.2) is 54.6 Å². The Hall–Kier alpha value is -4.25. The number of ether oxygens (including phenoxy) is 1. The number of nitrogens with two attached hydrogens (primary N) is 2. The summed E-state index contributed by atoms with van der Waals surface area (Å²) < 4.78 is 34.1. The summed E-state index contributed by atoms with van der Waals surface area (Å²) in [5.74, 6) is -2.21. The first-order chi connectivity index (χ1) is 17.8. The number of piperidine rings is 1. The summed E-state index contributed by atoms with van der Waals surface area (Å²) in [7, 11) is 0. The van der Waals surface area contributed by atoms with Crippen LogP contribution < -0.4 is 16.2 Å². The number of likely N-dealkylation sites (tertiary alicyclic amines) is 1. The Kier molecular flexibility index (Phi) is 7.83. The number of amides is 2. The maximum atomic E-state index is 13.9. The maximum absolute atomic E-state index is 13.9. The number of aliphatic hydroxyl groups is 1. The molecule has 11 heteroatoms. The average molecular weight is 512 g/mol. The van der Waals surface area contributed by atoms with E-state index in [-0.39, 0.29) is 47.1 Å². The summed E-state index contributed by atoms with van der Waals surface area (Å²) >= 11 is 0. The maximum Gasteiger partial charge on any atom is 0.254 e. The van der Waals surface area contributed by atoms with Crippen LogP contribution in [0.1, 0.15) is 35.7 Å². The van der Waals surface area contributed by atoms with Gasteiger partial charge in [-0.05, 0) is 61.7 Å². The number of hydrogen-bond donors (Lipinski definition) is 3. The van der Waals surface area contributed by atoms with Crippen LogP contribution in [0.3, 0.4) is 0 Å². The molecule has 1 saturated heterocycles. The zero-order valence-corrected chi connectivity index (χ0v) is 19.9. The van der Waals surface area contributed by atoms with Crippen molar-refractivity contribution in [3.8, 4) is 22.8 Å². The molecule has 2 amide bonds. The number of benzene rings is 2. The summed E-state index contributed by atoms with van der Waals surface area (Å²) in [4.78, 5) is 26.5. The van der Waals surface area contributed by atoms with Crippen molar-refractivity contribution in [1.82, 2.24) is 14.7 Å². The van der Waals surface area contributed by atoms with E-state index < -0.39 is 17.5 Å². The lowest BCUT2D eigenvalue weighted by molar-refractivity contribution is -0.127. The van der Waals surface area contributed by atoms with E-state index in [0.717, 1.165) is 18.6 Å². The third kappa shape index (κ3) is 5.78. The molecule has 1 fully saturated rings. The van der Waals surface area contributed by atoms with E-state index in [2.05, 4.69) is 5.10 Å². The summed E-state index contributed by atoms with van der Waals surface area (Å²) in [6, 6.07) is 9.09. The first-order valence-corrected chi connectivity index (χ1v) is 11.8. The quantitative estimate of drug-likeness (QED) is 0.397. The number of rotatable bonds is 8. The lowest BCUT2D eigenvalue weighted by atomic mass is 10.1. The molecular weight excluding hydrogens is 484 g/mol. The lowest BCUT2D eigenvalue weighted by Crippen LogP contribution is -2.40. The van der Waals surface area contributed by atoms with E-state index in [1.54, 1.807) is 35.2 Å². The Morgan fingerprint density at radius 2 is 1.95 bits per heavy atom. The Morgan fingerprint density at radius 3 is 2.62 bits per heavy atom. The van der Waals surface area contributed by atoms with Gasteiger partial charge in [0, 0.05) is 31.3 Å². The largest absolute Gasteiger partial charge is 0.454 e. The number of aliphatic hydroxyl groups excluding tert-OH is 1. The molecule has 1 aliphatic heterocycles. The highest BCUT2D eigenvalue weighted by atomic mass is 19.1. The predicted octanol–water partition coefficient (Wildman–Crippen LogP) is 3.40. The number of nitrogens with zero attached hydrogens (tertiary/aromatic N) is 3. The van der Waals surface area contributed by atoms with Crippen LogP contribution in [0.25, 0.3) is 11.3 Å². The molecule has 2 heterocycles. The second-order valence-electron chi connectivity index (χ2n) is 8.61. The van der Waals surface area contributed by atoms with Crippen molar-refractivity contribution in [2.45, 2.75) is 25.3 Å². The minimum atomic E-state index is -0.837. The summed E-state index contributed by atoms with van der Waals surface area (Å²) in [5, 5.41) is 13.5. The Morgan fingerprint density at radius 1 is 1.19 bits per heavy atom. The van der Waals surface area contributed by atoms with Crippen LogP contribution in [0.2, 0.25) is 0 Å². The highest BCUT2D eigenvalue weighted by molar-refractivity contribution is 6.03. The third-order valence-corrected chi connectivity index (χ3v) is 6.05. The van der Waals surface area contributed by atoms with Crippen molar-refractivity contribution in [1.29, 1.82) is 0 Å². The van der Waals surface area contributed by atoms with Gasteiger partial charge in [-0.2, -0.15) is 5.10 Å². The van der Waals surface area contributed by atoms with Gasteiger partial charge >= 0.3 is 0 Å². The molecule has 2 aromatic carbocycles. The molecule has 5 N–H and O–H groups in total. The normalized spacial score (nSPS) is 15.8. The van der Waals surface area contributed by atoms with Crippen molar-refractivity contribution in [3.63, 3.8) is 0 Å². The van der Waals surface area contributed by atoms with Gasteiger partial charge in [-0.3, -0.25) is 9.59 Å². The fourth-order valence-corrected chi connectivity index (χ4v) is 4.26. The van der Waals surface area contributed by atoms with Crippen LogP contribution in [-0.4, -0.2) is 51.3 Å². The van der Waals surface area contributed by atoms with Crippen LogP contribution in [0.4, 0.5) is 14.6 Å². The Balaban J connectivity index is 1.58. The molecule has 37 heavy (non-hydrogen) atoms. The van der Waals surface area contributed by atoms with Gasteiger partial charge < -0.3 is 26.2 Å². The molecule has 0 aliphatic carbocycles. The summed E-state index contributed by atoms with van der Waals surface area (Å²) in [5.41, 5.74) is 12.8. The zero-order chi connectivity index (χ0) is 26.5. The molecule has 1 atom stereocenters. The summed E-state index contributed by atoms with van der Waals surface area (Å²) in [6.45, 7) is 0.887. The predicted molar refractivity (Wildman–Crippen MR) is 133 cm³/mol. The van der Waals surface area contributed by atoms with Gasteiger partial charge in [0.15, 0.2) is 11.6 Å². The van der Waals surface area contributed by atoms with E-state index in [0.29, 0.717) is 31.5 Å². The van der Waals surface area contributed by atoms with E-state index in [1.807, 2.05) is 0 Å². The Labute approximate surface area is 211 Å². The molecule has 0 unspecified atom stereocenters. The van der Waals surface area contributed by atoms with Crippen molar-refractivity contribution in [2.75, 3.05) is 25.4 Å². The van der Waals surface area contributed by atoms with E-state index in [1.165, 1.54) is 16.8 Å². The van der Waals surface area contributed by atoms with E-state index in [9.17, 15) is 18.4 Å². The molecule has 1 aliphatic rings. The van der Waals surface area contributed by atoms with Gasteiger partial charge in [-0.25, -0.2) is 13.5 Å². The van der Waals surface area contributed by atoms with Crippen molar-refractivity contribution >= 4 is 17.6 Å². The number of aromatic nitrogens is 2. The highest BCUT2D eigenvalue weighted by Gasteiger charge is 2.29. The van der Waals surface area contributed by atoms with Gasteiger partial charge in [-0.15, -0.1) is 0 Å². The molecule has 0 bridgehead atoms. The standard InChI is InChI=1S/C26H27F2N5O4/c27-17-8-11-21(20(28)14-17)37-19-9-6-16(7-10-19)24-23(26(30)36)25(29)33(31-24)18-4-3-12-32(15-18)22(35)5-1-2-13-34/h1,5-11,14,18,34H,2-4,12-13,15,29H2,(H2,30,36)/t18-/m1/s1. The molecule has 0 spiro atoms. The van der Waals surface area contributed by atoms with Gasteiger partial charge in [0.1, 0.15) is 28.6 Å². The smallest absolute Gasteiger partial charge is 0.254 e. The fourth-order valence-electron chi connectivity index (χ4n) is 4.26. The van der Waals surface area contributed by atoms with Gasteiger partial charge in [-0.1, -0.05) is 6.08 Å². The number of primary amides is 1. The monoisotopic (exact) mass is 511 g/mol. The van der Waals surface area contributed by atoms with Crippen molar-refractivity contribution < 1.29 is 28.2 Å². The highest BCUT2D eigenvalue weighted by Crippen LogP contribution is 2.33. The topological polar surface area (TPSA) is 137 Å². The van der Waals surface area contributed by atoms with Crippen molar-refractivity contribution in [3.05, 3.63) is 71.8 Å². The van der Waals surface area contributed by atoms with Crippen LogP contribution >= 0.6 is 0 Å². The second-order valence-corrected chi connectivity index (χ2v) is 8.61. The third-order valence-electron chi connectivity index (χ3n) is 6.05. The van der Waals surface area contributed by atoms with E-state index in [4.69, 9.17) is 21.3 Å². The molecule has 1 aromatic heterocycles. The lowest BCUT2D eigenvalue weighted by Gasteiger charge is -2.32. The number of halogens is 2. The fraction of sp³-hybridized carbons (Fsp3) is 0.269. The SMILES string of the molecule is NC(=O)c1c(-c2ccc(Oc3ccc(F)cc3F)cc2)nn([C@@H]2CCCN(C(=O)C=CCCO)C2)c1N. The molecule has 0 radical (unpaired) electrons. The van der Waals surface area contributed by atoms with Crippen LogP contribution in [0, 0.1) is 11.6 Å². The number of hydrogen-bond acceptors (Lipinski definition) is 6. The van der Waals surface area contributed by atoms with Crippen LogP contribution in [0.5, 0.6) is 11.5 Å². The molecule has 0 saturated carbocycles. The number of carbonyl (C=O) groups excluding carboxylic acids is 2. The van der Waals surface area contributed by atoms with Gasteiger partial charge in [0.25, 0.3) is 5.91 Å². The first-order valence-electron chi connectivity index (χ1n) is 11.8. The van der Waals surface area contributed by atoms with E-state index >= 15 is 0 Å². The van der Waals surface area contributed by atoms with Gasteiger partial charge in [0.05, 0.1) is 6.04 Å². The second kappa shape index (κ2) is 11.2. The molecule has 9 nitrogen and oxygen atoms in total. The van der Waals surface area contributed by atoms with Crippen LogP contribution in [-0.2, 0) is 4.79 Å².